The van der Waals surface area contributed by atoms with Crippen LogP contribution in [0, 0.1) is 6.92 Å². The van der Waals surface area contributed by atoms with Crippen LogP contribution < -0.4 is 5.32 Å². The molecule has 1 fully saturated rings. The highest BCUT2D eigenvalue weighted by Gasteiger charge is 2.21. The normalized spacial score (nSPS) is 16.6. The first kappa shape index (κ1) is 13.8. The number of carbonyl (C=O) groups excluding carboxylic acids is 1. The summed E-state index contributed by atoms with van der Waals surface area (Å²) in [7, 11) is 0. The largest absolute Gasteiger partial charge is 0.424 e. The summed E-state index contributed by atoms with van der Waals surface area (Å²) < 4.78 is 5.36. The molecule has 1 aromatic heterocycles. The molecule has 7 nitrogen and oxygen atoms in total. The third-order valence-corrected chi connectivity index (χ3v) is 3.11. The highest BCUT2D eigenvalue weighted by atomic mass is 16.4. The molecule has 2 rings (SSSR count). The maximum absolute atomic E-state index is 11.8. The van der Waals surface area contributed by atoms with Crippen LogP contribution in [0.1, 0.15) is 25.1 Å². The molecule has 0 atom stereocenters. The number of amides is 2. The van der Waals surface area contributed by atoms with Crippen molar-refractivity contribution in [3.63, 3.8) is 0 Å². The molecular formula is C12H21N5O2. The quantitative estimate of drug-likeness (QED) is 0.865. The van der Waals surface area contributed by atoms with Gasteiger partial charge in [0.05, 0.1) is 6.54 Å². The Morgan fingerprint density at radius 1 is 1.32 bits per heavy atom. The molecule has 0 saturated carbocycles. The Bertz CT molecular complexity index is 412. The monoisotopic (exact) mass is 267 g/mol. The molecule has 1 aliphatic rings. The topological polar surface area (TPSA) is 74.5 Å². The summed E-state index contributed by atoms with van der Waals surface area (Å²) in [6.45, 7) is 8.37. The van der Waals surface area contributed by atoms with Gasteiger partial charge in [-0.05, 0) is 6.42 Å². The van der Waals surface area contributed by atoms with E-state index >= 15 is 0 Å². The van der Waals surface area contributed by atoms with Gasteiger partial charge in [-0.15, -0.1) is 10.2 Å². The number of aromatic nitrogens is 2. The van der Waals surface area contributed by atoms with E-state index in [1.807, 2.05) is 11.8 Å². The molecule has 2 amide bonds. The van der Waals surface area contributed by atoms with E-state index in [4.69, 9.17) is 4.42 Å². The van der Waals surface area contributed by atoms with Gasteiger partial charge in [0.15, 0.2) is 0 Å². The lowest BCUT2D eigenvalue weighted by Gasteiger charge is -2.33. The second kappa shape index (κ2) is 6.51. The van der Waals surface area contributed by atoms with Crippen molar-refractivity contribution in [3.05, 3.63) is 11.8 Å². The molecule has 2 heterocycles. The van der Waals surface area contributed by atoms with Gasteiger partial charge in [0.25, 0.3) is 0 Å². The Balaban J connectivity index is 1.74. The summed E-state index contributed by atoms with van der Waals surface area (Å²) in [5.41, 5.74) is 0. The van der Waals surface area contributed by atoms with Gasteiger partial charge in [-0.1, -0.05) is 6.92 Å². The van der Waals surface area contributed by atoms with Crippen molar-refractivity contribution in [3.8, 4) is 0 Å². The van der Waals surface area contributed by atoms with E-state index in [-0.39, 0.29) is 6.03 Å². The molecule has 0 unspecified atom stereocenters. The van der Waals surface area contributed by atoms with Crippen molar-refractivity contribution in [1.29, 1.82) is 0 Å². The van der Waals surface area contributed by atoms with Crippen LogP contribution in [0.2, 0.25) is 0 Å². The van der Waals surface area contributed by atoms with Crippen LogP contribution in [-0.4, -0.2) is 58.8 Å². The van der Waals surface area contributed by atoms with Crippen molar-refractivity contribution in [2.75, 3.05) is 32.7 Å². The number of aryl methyl sites for hydroxylation is 1. The lowest BCUT2D eigenvalue weighted by atomic mass is 10.3. The average molecular weight is 267 g/mol. The zero-order valence-corrected chi connectivity index (χ0v) is 11.6. The number of rotatable bonds is 4. The molecule has 1 N–H and O–H groups in total. The van der Waals surface area contributed by atoms with Crippen LogP contribution in [0.3, 0.4) is 0 Å². The minimum absolute atomic E-state index is 0.0372. The van der Waals surface area contributed by atoms with Crippen LogP contribution in [0.4, 0.5) is 4.79 Å². The minimum Gasteiger partial charge on any atom is -0.424 e. The molecule has 0 aromatic carbocycles. The lowest BCUT2D eigenvalue weighted by molar-refractivity contribution is 0.128. The third kappa shape index (κ3) is 3.92. The summed E-state index contributed by atoms with van der Waals surface area (Å²) in [6, 6.07) is 0.0372. The minimum atomic E-state index is 0.0372. The molecule has 106 valence electrons. The Kier molecular flexibility index (Phi) is 4.73. The van der Waals surface area contributed by atoms with Gasteiger partial charge in [0.2, 0.25) is 11.8 Å². The number of carbonyl (C=O) groups is 1. The first-order chi connectivity index (χ1) is 9.19. The maximum Gasteiger partial charge on any atom is 0.317 e. The van der Waals surface area contributed by atoms with Gasteiger partial charge in [-0.3, -0.25) is 4.90 Å². The van der Waals surface area contributed by atoms with E-state index in [2.05, 4.69) is 20.4 Å². The van der Waals surface area contributed by atoms with Crippen LogP contribution in [0.25, 0.3) is 0 Å². The smallest absolute Gasteiger partial charge is 0.317 e. The summed E-state index contributed by atoms with van der Waals surface area (Å²) in [5, 5.41) is 10.7. The molecule has 0 spiro atoms. The lowest BCUT2D eigenvalue weighted by Crippen LogP contribution is -2.51. The highest BCUT2D eigenvalue weighted by Crippen LogP contribution is 2.07. The number of nitrogens with one attached hydrogen (secondary N) is 1. The molecule has 7 heteroatoms. The molecule has 0 radical (unpaired) electrons. The molecule has 19 heavy (non-hydrogen) atoms. The second-order valence-electron chi connectivity index (χ2n) is 4.71. The predicted molar refractivity (Wildman–Crippen MR) is 69.6 cm³/mol. The second-order valence-corrected chi connectivity index (χ2v) is 4.71. The SMILES string of the molecule is CCCNC(=O)N1CCN(Cc2nnc(C)o2)CC1. The summed E-state index contributed by atoms with van der Waals surface area (Å²) in [5.74, 6) is 1.23. The maximum atomic E-state index is 11.8. The van der Waals surface area contributed by atoms with E-state index < -0.39 is 0 Å². The number of hydrogen-bond donors (Lipinski definition) is 1. The van der Waals surface area contributed by atoms with Crippen molar-refractivity contribution in [2.24, 2.45) is 0 Å². The van der Waals surface area contributed by atoms with Crippen LogP contribution >= 0.6 is 0 Å². The Hall–Kier alpha value is -1.63. The van der Waals surface area contributed by atoms with Gasteiger partial charge in [0.1, 0.15) is 0 Å². The van der Waals surface area contributed by atoms with E-state index in [9.17, 15) is 4.79 Å². The van der Waals surface area contributed by atoms with Crippen LogP contribution in [0.15, 0.2) is 4.42 Å². The fraction of sp³-hybridized carbons (Fsp3) is 0.750. The van der Waals surface area contributed by atoms with Crippen LogP contribution in [-0.2, 0) is 6.54 Å². The molecule has 1 saturated heterocycles. The third-order valence-electron chi connectivity index (χ3n) is 3.11. The highest BCUT2D eigenvalue weighted by molar-refractivity contribution is 5.74. The fourth-order valence-corrected chi connectivity index (χ4v) is 2.05. The summed E-state index contributed by atoms with van der Waals surface area (Å²) >= 11 is 0. The first-order valence-corrected chi connectivity index (χ1v) is 6.73. The van der Waals surface area contributed by atoms with E-state index in [0.29, 0.717) is 18.3 Å². The Morgan fingerprint density at radius 3 is 2.63 bits per heavy atom. The fourth-order valence-electron chi connectivity index (χ4n) is 2.05. The molecular weight excluding hydrogens is 246 g/mol. The molecule has 0 bridgehead atoms. The van der Waals surface area contributed by atoms with Gasteiger partial charge in [-0.2, -0.15) is 0 Å². The number of urea groups is 1. The average Bonchev–Trinajstić information content (AvgIpc) is 2.82. The number of hydrogen-bond acceptors (Lipinski definition) is 5. The van der Waals surface area contributed by atoms with E-state index in [0.717, 1.165) is 39.1 Å². The standard InChI is InChI=1S/C12H21N5O2/c1-3-4-13-12(18)17-7-5-16(6-8-17)9-11-15-14-10(2)19-11/h3-9H2,1-2H3,(H,13,18). The van der Waals surface area contributed by atoms with Crippen molar-refractivity contribution in [2.45, 2.75) is 26.8 Å². The van der Waals surface area contributed by atoms with Gasteiger partial charge in [0, 0.05) is 39.6 Å². The Morgan fingerprint density at radius 2 is 2.05 bits per heavy atom. The van der Waals surface area contributed by atoms with Crippen molar-refractivity contribution < 1.29 is 9.21 Å². The van der Waals surface area contributed by atoms with E-state index in [1.165, 1.54) is 0 Å². The van der Waals surface area contributed by atoms with Gasteiger partial charge in [-0.25, -0.2) is 4.79 Å². The van der Waals surface area contributed by atoms with Crippen LogP contribution in [0.5, 0.6) is 0 Å². The number of nitrogens with zero attached hydrogens (tertiary/aromatic N) is 4. The van der Waals surface area contributed by atoms with Crippen molar-refractivity contribution in [1.82, 2.24) is 25.3 Å². The molecule has 0 aliphatic carbocycles. The Labute approximate surface area is 113 Å². The van der Waals surface area contributed by atoms with Gasteiger partial charge >= 0.3 is 6.03 Å². The summed E-state index contributed by atoms with van der Waals surface area (Å²) in [4.78, 5) is 15.9. The molecule has 1 aliphatic heterocycles. The zero-order valence-electron chi connectivity index (χ0n) is 11.6. The summed E-state index contributed by atoms with van der Waals surface area (Å²) in [6.07, 6.45) is 0.961. The zero-order chi connectivity index (χ0) is 13.7. The molecule has 1 aromatic rings. The van der Waals surface area contributed by atoms with Gasteiger partial charge < -0.3 is 14.6 Å². The van der Waals surface area contributed by atoms with E-state index in [1.54, 1.807) is 6.92 Å². The van der Waals surface area contributed by atoms with Crippen molar-refractivity contribution >= 4 is 6.03 Å². The number of piperazine rings is 1. The first-order valence-electron chi connectivity index (χ1n) is 6.73. The predicted octanol–water partition coefficient (Wildman–Crippen LogP) is 0.615.